The number of hydrogen-bond donors (Lipinski definition) is 1. The lowest BCUT2D eigenvalue weighted by atomic mass is 10.2. The van der Waals surface area contributed by atoms with Crippen LogP contribution in [-0.2, 0) is 11.3 Å². The first-order valence-corrected chi connectivity index (χ1v) is 8.58. The molecule has 1 aromatic heterocycles. The maximum Gasteiger partial charge on any atom is 0.226 e. The lowest BCUT2D eigenvalue weighted by molar-refractivity contribution is -0.0396. The molecule has 0 spiro atoms. The fourth-order valence-electron chi connectivity index (χ4n) is 2.98. The second-order valence-electron chi connectivity index (χ2n) is 6.52. The van der Waals surface area contributed by atoms with Crippen molar-refractivity contribution in [1.29, 1.82) is 0 Å². The van der Waals surface area contributed by atoms with Gasteiger partial charge in [-0.1, -0.05) is 17.7 Å². The van der Waals surface area contributed by atoms with E-state index in [1.165, 1.54) is 0 Å². The van der Waals surface area contributed by atoms with Crippen LogP contribution in [0.5, 0.6) is 0 Å². The number of aromatic nitrogens is 1. The van der Waals surface area contributed by atoms with Crippen LogP contribution >= 0.6 is 11.6 Å². The molecule has 0 aliphatic carbocycles. The average molecular weight is 351 g/mol. The Morgan fingerprint density at radius 3 is 2.92 bits per heavy atom. The highest BCUT2D eigenvalue weighted by molar-refractivity contribution is 6.30. The Bertz CT molecular complexity index is 701. The number of likely N-dealkylation sites (tertiary alicyclic amines) is 1. The molecule has 2 aromatic rings. The van der Waals surface area contributed by atoms with Gasteiger partial charge in [-0.3, -0.25) is 4.90 Å². The largest absolute Gasteiger partial charge is 0.441 e. The highest BCUT2D eigenvalue weighted by Gasteiger charge is 2.33. The molecule has 0 radical (unpaired) electrons. The van der Waals surface area contributed by atoms with E-state index in [1.807, 2.05) is 45.0 Å². The van der Waals surface area contributed by atoms with Crippen LogP contribution in [0.3, 0.4) is 0 Å². The molecule has 2 heterocycles. The maximum atomic E-state index is 10.1. The molecule has 3 rings (SSSR count). The Labute approximate surface area is 147 Å². The molecule has 1 aromatic carbocycles. The normalized spacial score (nSPS) is 21.8. The van der Waals surface area contributed by atoms with Gasteiger partial charge in [-0.15, -0.1) is 0 Å². The molecule has 1 aliphatic heterocycles. The number of oxazole rings is 1. The van der Waals surface area contributed by atoms with E-state index >= 15 is 0 Å². The first kappa shape index (κ1) is 17.4. The lowest BCUT2D eigenvalue weighted by Crippen LogP contribution is -2.29. The summed E-state index contributed by atoms with van der Waals surface area (Å²) in [4.78, 5) is 6.75. The zero-order chi connectivity index (χ0) is 17.3. The van der Waals surface area contributed by atoms with Crippen LogP contribution in [0.15, 0.2) is 28.7 Å². The standard InChI is InChI=1S/C18H23ClN2O3/c1-11(2)23-17-10-21(9-16(17)22)8-15-12(3)24-18(20-15)13-5-4-6-14(19)7-13/h4-7,11,16-17,22H,8-10H2,1-3H3. The van der Waals surface area contributed by atoms with Crippen LogP contribution in [0.1, 0.15) is 25.3 Å². The summed E-state index contributed by atoms with van der Waals surface area (Å²) in [5.41, 5.74) is 1.74. The maximum absolute atomic E-state index is 10.1. The van der Waals surface area contributed by atoms with Gasteiger partial charge in [-0.2, -0.15) is 0 Å². The van der Waals surface area contributed by atoms with Gasteiger partial charge in [0.1, 0.15) is 5.76 Å². The van der Waals surface area contributed by atoms with Crippen LogP contribution < -0.4 is 0 Å². The van der Waals surface area contributed by atoms with Crippen molar-refractivity contribution in [3.8, 4) is 11.5 Å². The Balaban J connectivity index is 1.70. The Kier molecular flexibility index (Phi) is 5.25. The average Bonchev–Trinajstić information content (AvgIpc) is 3.03. The van der Waals surface area contributed by atoms with Crippen molar-refractivity contribution in [3.63, 3.8) is 0 Å². The number of halogens is 1. The van der Waals surface area contributed by atoms with E-state index in [0.29, 0.717) is 30.5 Å². The van der Waals surface area contributed by atoms with E-state index in [4.69, 9.17) is 20.8 Å². The predicted octanol–water partition coefficient (Wildman–Crippen LogP) is 3.27. The predicted molar refractivity (Wildman–Crippen MR) is 93.0 cm³/mol. The fourth-order valence-corrected chi connectivity index (χ4v) is 3.17. The second kappa shape index (κ2) is 7.23. The number of rotatable bonds is 5. The summed E-state index contributed by atoms with van der Waals surface area (Å²) in [6.45, 7) is 7.77. The summed E-state index contributed by atoms with van der Waals surface area (Å²) in [5.74, 6) is 1.35. The van der Waals surface area contributed by atoms with Gasteiger partial charge in [0.25, 0.3) is 0 Å². The van der Waals surface area contributed by atoms with Gasteiger partial charge in [-0.25, -0.2) is 4.98 Å². The SMILES string of the molecule is Cc1oc(-c2cccc(Cl)c2)nc1CN1CC(O)C(OC(C)C)C1. The minimum absolute atomic E-state index is 0.104. The first-order valence-electron chi connectivity index (χ1n) is 8.20. The summed E-state index contributed by atoms with van der Waals surface area (Å²) in [6.07, 6.45) is -0.510. The van der Waals surface area contributed by atoms with Crippen molar-refractivity contribution in [1.82, 2.24) is 9.88 Å². The minimum atomic E-state index is -0.466. The highest BCUT2D eigenvalue weighted by atomic mass is 35.5. The Hall–Kier alpha value is -1.40. The van der Waals surface area contributed by atoms with Gasteiger partial charge < -0.3 is 14.3 Å². The van der Waals surface area contributed by atoms with E-state index in [1.54, 1.807) is 0 Å². The number of aryl methyl sites for hydroxylation is 1. The van der Waals surface area contributed by atoms with Gasteiger partial charge in [0.2, 0.25) is 5.89 Å². The Morgan fingerprint density at radius 2 is 2.21 bits per heavy atom. The summed E-state index contributed by atoms with van der Waals surface area (Å²) >= 11 is 6.03. The van der Waals surface area contributed by atoms with Crippen molar-refractivity contribution < 1.29 is 14.3 Å². The molecule has 5 nitrogen and oxygen atoms in total. The number of aliphatic hydroxyl groups is 1. The molecule has 6 heteroatoms. The van der Waals surface area contributed by atoms with Crippen molar-refractivity contribution in [3.05, 3.63) is 40.7 Å². The molecule has 1 N–H and O–H groups in total. The van der Waals surface area contributed by atoms with Gasteiger partial charge in [-0.05, 0) is 39.0 Å². The number of ether oxygens (including phenoxy) is 1. The Morgan fingerprint density at radius 1 is 1.42 bits per heavy atom. The summed E-state index contributed by atoms with van der Waals surface area (Å²) in [5, 5.41) is 10.8. The lowest BCUT2D eigenvalue weighted by Gasteiger charge is -2.17. The molecule has 1 saturated heterocycles. The number of benzene rings is 1. The van der Waals surface area contributed by atoms with E-state index in [9.17, 15) is 5.11 Å². The first-order chi connectivity index (χ1) is 11.4. The van der Waals surface area contributed by atoms with E-state index in [2.05, 4.69) is 9.88 Å². The molecule has 130 valence electrons. The second-order valence-corrected chi connectivity index (χ2v) is 6.95. The van der Waals surface area contributed by atoms with Gasteiger partial charge in [0.05, 0.1) is 24.0 Å². The number of hydrogen-bond acceptors (Lipinski definition) is 5. The molecule has 2 unspecified atom stereocenters. The third-order valence-corrected chi connectivity index (χ3v) is 4.33. The number of β-amino-alcohol motifs (C(OH)–C–C–N with tert-alkyl or cyclic N) is 1. The minimum Gasteiger partial charge on any atom is -0.441 e. The monoisotopic (exact) mass is 350 g/mol. The molecule has 0 saturated carbocycles. The topological polar surface area (TPSA) is 58.7 Å². The summed E-state index contributed by atoms with van der Waals surface area (Å²) < 4.78 is 11.6. The molecule has 1 aliphatic rings. The molecule has 0 bridgehead atoms. The zero-order valence-corrected chi connectivity index (χ0v) is 15.0. The van der Waals surface area contributed by atoms with Crippen LogP contribution in [0.25, 0.3) is 11.5 Å². The quantitative estimate of drug-likeness (QED) is 0.896. The van der Waals surface area contributed by atoms with Crippen LogP contribution in [0, 0.1) is 6.92 Å². The van der Waals surface area contributed by atoms with Crippen molar-refractivity contribution in [2.75, 3.05) is 13.1 Å². The van der Waals surface area contributed by atoms with Crippen LogP contribution in [0.2, 0.25) is 5.02 Å². The van der Waals surface area contributed by atoms with Gasteiger partial charge in [0, 0.05) is 30.2 Å². The molecule has 2 atom stereocenters. The molecular formula is C18H23ClN2O3. The van der Waals surface area contributed by atoms with Crippen LogP contribution in [0.4, 0.5) is 0 Å². The summed E-state index contributed by atoms with van der Waals surface area (Å²) in [7, 11) is 0. The van der Waals surface area contributed by atoms with Gasteiger partial charge in [0.15, 0.2) is 0 Å². The highest BCUT2D eigenvalue weighted by Crippen LogP contribution is 2.26. The number of nitrogens with zero attached hydrogens (tertiary/aromatic N) is 2. The zero-order valence-electron chi connectivity index (χ0n) is 14.2. The fraction of sp³-hybridized carbons (Fsp3) is 0.500. The number of aliphatic hydroxyl groups excluding tert-OH is 1. The molecule has 24 heavy (non-hydrogen) atoms. The van der Waals surface area contributed by atoms with E-state index < -0.39 is 6.10 Å². The molecular weight excluding hydrogens is 328 g/mol. The van der Waals surface area contributed by atoms with Crippen molar-refractivity contribution >= 4 is 11.6 Å². The summed E-state index contributed by atoms with van der Waals surface area (Å²) in [6, 6.07) is 7.46. The third kappa shape index (κ3) is 3.98. The molecule has 1 fully saturated rings. The van der Waals surface area contributed by atoms with E-state index in [0.717, 1.165) is 17.0 Å². The van der Waals surface area contributed by atoms with Gasteiger partial charge >= 0.3 is 0 Å². The smallest absolute Gasteiger partial charge is 0.226 e. The van der Waals surface area contributed by atoms with Crippen molar-refractivity contribution in [2.45, 2.75) is 45.6 Å². The van der Waals surface area contributed by atoms with Crippen LogP contribution in [-0.4, -0.2) is 46.4 Å². The molecule has 0 amide bonds. The third-order valence-electron chi connectivity index (χ3n) is 4.10. The van der Waals surface area contributed by atoms with E-state index in [-0.39, 0.29) is 12.2 Å². The van der Waals surface area contributed by atoms with Crippen molar-refractivity contribution in [2.24, 2.45) is 0 Å².